The van der Waals surface area contributed by atoms with Gasteiger partial charge < -0.3 is 9.47 Å². The van der Waals surface area contributed by atoms with E-state index in [1.807, 2.05) is 0 Å². The van der Waals surface area contributed by atoms with Crippen LogP contribution in [0.25, 0.3) is 0 Å². The van der Waals surface area contributed by atoms with Crippen LogP contribution < -0.4 is 4.90 Å². The van der Waals surface area contributed by atoms with Gasteiger partial charge in [0, 0.05) is 6.20 Å². The second-order valence-electron chi connectivity index (χ2n) is 6.60. The molecule has 0 bridgehead atoms. The molecule has 1 rings (SSSR count). The van der Waals surface area contributed by atoms with Gasteiger partial charge in [-0.05, 0) is 69.6 Å². The topological polar surface area (TPSA) is 68.7 Å². The summed E-state index contributed by atoms with van der Waals surface area (Å²) in [5.74, 6) is 0.117. The van der Waals surface area contributed by atoms with Gasteiger partial charge in [0.05, 0.1) is 4.47 Å². The maximum atomic E-state index is 12.4. The quantitative estimate of drug-likeness (QED) is 0.724. The van der Waals surface area contributed by atoms with E-state index in [4.69, 9.17) is 9.47 Å². The van der Waals surface area contributed by atoms with Gasteiger partial charge in [0.25, 0.3) is 0 Å². The Morgan fingerprint density at radius 2 is 1.50 bits per heavy atom. The first-order valence-corrected chi connectivity index (χ1v) is 7.56. The van der Waals surface area contributed by atoms with Crippen LogP contribution in [0.5, 0.6) is 0 Å². The summed E-state index contributed by atoms with van der Waals surface area (Å²) in [6.07, 6.45) is -0.218. The van der Waals surface area contributed by atoms with Crippen LogP contribution in [0.1, 0.15) is 41.5 Å². The molecule has 0 saturated carbocycles. The molecule has 1 aromatic rings. The molecule has 0 radical (unpaired) electrons. The first-order chi connectivity index (χ1) is 9.91. The highest BCUT2D eigenvalue weighted by molar-refractivity contribution is 9.10. The number of hydrogen-bond acceptors (Lipinski definition) is 5. The molecule has 6 nitrogen and oxygen atoms in total. The van der Waals surface area contributed by atoms with Crippen LogP contribution in [0, 0.1) is 0 Å². The van der Waals surface area contributed by atoms with E-state index in [2.05, 4.69) is 20.9 Å². The van der Waals surface area contributed by atoms with Crippen LogP contribution in [0.4, 0.5) is 15.4 Å². The Morgan fingerprint density at radius 3 is 1.86 bits per heavy atom. The van der Waals surface area contributed by atoms with E-state index in [0.717, 1.165) is 4.90 Å². The van der Waals surface area contributed by atoms with Gasteiger partial charge in [0.15, 0.2) is 5.82 Å². The molecule has 0 N–H and O–H groups in total. The molecule has 0 aromatic carbocycles. The van der Waals surface area contributed by atoms with E-state index in [9.17, 15) is 9.59 Å². The summed E-state index contributed by atoms with van der Waals surface area (Å²) >= 11 is 3.27. The predicted molar refractivity (Wildman–Crippen MR) is 86.9 cm³/mol. The van der Waals surface area contributed by atoms with Crippen LogP contribution in [0.15, 0.2) is 22.8 Å². The van der Waals surface area contributed by atoms with E-state index < -0.39 is 23.4 Å². The smallest absolute Gasteiger partial charge is 0.425 e. The van der Waals surface area contributed by atoms with Gasteiger partial charge >= 0.3 is 12.2 Å². The number of halogens is 1. The normalized spacial score (nSPS) is 11.8. The molecule has 0 spiro atoms. The number of carbonyl (C=O) groups excluding carboxylic acids is 2. The standard InChI is InChI=1S/C15H21BrN2O4/c1-14(2,3)21-12(19)18(13(20)22-15(4,5)6)11-10(16)8-7-9-17-11/h7-9H,1-6H3. The van der Waals surface area contributed by atoms with Crippen molar-refractivity contribution < 1.29 is 19.1 Å². The Balaban J connectivity index is 3.19. The fourth-order valence-electron chi connectivity index (χ4n) is 1.40. The Bertz CT molecular complexity index is 533. The van der Waals surface area contributed by atoms with Gasteiger partial charge in [-0.15, -0.1) is 0 Å². The molecule has 1 aromatic heterocycles. The van der Waals surface area contributed by atoms with Crippen LogP contribution in [-0.2, 0) is 9.47 Å². The third-order valence-corrected chi connectivity index (χ3v) is 2.72. The summed E-state index contributed by atoms with van der Waals surface area (Å²) in [6.45, 7) is 10.3. The number of ether oxygens (including phenoxy) is 2. The number of rotatable bonds is 1. The number of pyridine rings is 1. The molecule has 0 aliphatic heterocycles. The second kappa shape index (κ2) is 6.64. The van der Waals surface area contributed by atoms with Crippen molar-refractivity contribution in [1.82, 2.24) is 4.98 Å². The maximum absolute atomic E-state index is 12.4. The number of nitrogens with zero attached hydrogens (tertiary/aromatic N) is 2. The van der Waals surface area contributed by atoms with Gasteiger partial charge in [-0.25, -0.2) is 14.6 Å². The van der Waals surface area contributed by atoms with E-state index in [1.54, 1.807) is 53.7 Å². The lowest BCUT2D eigenvalue weighted by atomic mass is 10.2. The van der Waals surface area contributed by atoms with E-state index in [0.29, 0.717) is 4.47 Å². The number of hydrogen-bond donors (Lipinski definition) is 0. The lowest BCUT2D eigenvalue weighted by Crippen LogP contribution is -2.44. The van der Waals surface area contributed by atoms with Crippen LogP contribution in [0.2, 0.25) is 0 Å². The van der Waals surface area contributed by atoms with Crippen molar-refractivity contribution in [3.63, 3.8) is 0 Å². The lowest BCUT2D eigenvalue weighted by Gasteiger charge is -2.28. The fraction of sp³-hybridized carbons (Fsp3) is 0.533. The highest BCUT2D eigenvalue weighted by Gasteiger charge is 2.34. The summed E-state index contributed by atoms with van der Waals surface area (Å²) in [5, 5.41) is 0. The molecule has 22 heavy (non-hydrogen) atoms. The Morgan fingerprint density at radius 1 is 1.05 bits per heavy atom. The molecule has 7 heteroatoms. The molecular weight excluding hydrogens is 352 g/mol. The van der Waals surface area contributed by atoms with E-state index >= 15 is 0 Å². The Labute approximate surface area is 138 Å². The molecular formula is C15H21BrN2O4. The van der Waals surface area contributed by atoms with Crippen molar-refractivity contribution in [2.24, 2.45) is 0 Å². The minimum Gasteiger partial charge on any atom is -0.443 e. The van der Waals surface area contributed by atoms with Crippen molar-refractivity contribution >= 4 is 33.9 Å². The summed E-state index contributed by atoms with van der Waals surface area (Å²) < 4.78 is 11.0. The number of imide groups is 1. The predicted octanol–water partition coefficient (Wildman–Crippen LogP) is 4.52. The SMILES string of the molecule is CC(C)(C)OC(=O)N(C(=O)OC(C)(C)C)c1ncccc1Br. The molecule has 0 fully saturated rings. The van der Waals surface area contributed by atoms with E-state index in [1.165, 1.54) is 6.20 Å². The number of amides is 2. The van der Waals surface area contributed by atoms with Gasteiger partial charge in [-0.3, -0.25) is 0 Å². The zero-order valence-corrected chi connectivity index (χ0v) is 15.2. The van der Waals surface area contributed by atoms with Crippen molar-refractivity contribution in [3.8, 4) is 0 Å². The molecule has 1 heterocycles. The summed E-state index contributed by atoms with van der Waals surface area (Å²) in [4.78, 5) is 29.6. The van der Waals surface area contributed by atoms with E-state index in [-0.39, 0.29) is 5.82 Å². The number of anilines is 1. The highest BCUT2D eigenvalue weighted by Crippen LogP contribution is 2.26. The molecule has 0 unspecified atom stereocenters. The van der Waals surface area contributed by atoms with Crippen molar-refractivity contribution in [1.29, 1.82) is 0 Å². The molecule has 2 amide bonds. The summed E-state index contributed by atoms with van der Waals surface area (Å²) in [5.41, 5.74) is -1.50. The van der Waals surface area contributed by atoms with Gasteiger partial charge in [-0.2, -0.15) is 4.90 Å². The first-order valence-electron chi connectivity index (χ1n) is 6.77. The average molecular weight is 373 g/mol. The fourth-order valence-corrected chi connectivity index (χ4v) is 1.84. The first kappa shape index (κ1) is 18.4. The Kier molecular flexibility index (Phi) is 5.56. The average Bonchev–Trinajstić information content (AvgIpc) is 2.27. The summed E-state index contributed by atoms with van der Waals surface area (Å²) in [7, 11) is 0. The minimum absolute atomic E-state index is 0.117. The third kappa shape index (κ3) is 5.63. The maximum Gasteiger partial charge on any atom is 0.425 e. The third-order valence-electron chi connectivity index (χ3n) is 2.10. The number of carbonyl (C=O) groups is 2. The Hall–Kier alpha value is -1.63. The summed E-state index contributed by atoms with van der Waals surface area (Å²) in [6, 6.07) is 3.35. The lowest BCUT2D eigenvalue weighted by molar-refractivity contribution is 0.0429. The monoisotopic (exact) mass is 372 g/mol. The highest BCUT2D eigenvalue weighted by atomic mass is 79.9. The molecule has 0 saturated heterocycles. The largest absolute Gasteiger partial charge is 0.443 e. The van der Waals surface area contributed by atoms with Crippen molar-refractivity contribution in [2.75, 3.05) is 4.90 Å². The van der Waals surface area contributed by atoms with Crippen LogP contribution >= 0.6 is 15.9 Å². The molecule has 0 aliphatic carbocycles. The van der Waals surface area contributed by atoms with Gasteiger partial charge in [0.1, 0.15) is 11.2 Å². The van der Waals surface area contributed by atoms with Gasteiger partial charge in [0.2, 0.25) is 0 Å². The van der Waals surface area contributed by atoms with Crippen molar-refractivity contribution in [2.45, 2.75) is 52.7 Å². The zero-order chi connectivity index (χ0) is 17.1. The van der Waals surface area contributed by atoms with Crippen LogP contribution in [0.3, 0.4) is 0 Å². The molecule has 0 aliphatic rings. The minimum atomic E-state index is -0.846. The molecule has 122 valence electrons. The van der Waals surface area contributed by atoms with Crippen LogP contribution in [-0.4, -0.2) is 28.4 Å². The zero-order valence-electron chi connectivity index (χ0n) is 13.6. The van der Waals surface area contributed by atoms with Gasteiger partial charge in [-0.1, -0.05) is 0 Å². The number of aromatic nitrogens is 1. The second-order valence-corrected chi connectivity index (χ2v) is 7.46. The van der Waals surface area contributed by atoms with Crippen molar-refractivity contribution in [3.05, 3.63) is 22.8 Å². The molecule has 0 atom stereocenters.